The van der Waals surface area contributed by atoms with Gasteiger partial charge in [-0.3, -0.25) is 0 Å². The van der Waals surface area contributed by atoms with Crippen LogP contribution in [0, 0.1) is 0 Å². The van der Waals surface area contributed by atoms with Gasteiger partial charge in [0, 0.05) is 12.4 Å². The molecule has 2 nitrogen and oxygen atoms in total. The lowest BCUT2D eigenvalue weighted by Gasteiger charge is -2.16. The molecule has 0 aliphatic carbocycles. The van der Waals surface area contributed by atoms with E-state index in [1.165, 1.54) is 12.3 Å². The normalized spacial score (nSPS) is 21.5. The van der Waals surface area contributed by atoms with Crippen LogP contribution in [-0.4, -0.2) is 11.6 Å². The first-order chi connectivity index (χ1) is 4.86. The van der Waals surface area contributed by atoms with Crippen LogP contribution in [-0.2, 0) is 0 Å². The minimum absolute atomic E-state index is 0.194. The summed E-state index contributed by atoms with van der Waals surface area (Å²) in [6.45, 7) is 0.674. The van der Waals surface area contributed by atoms with E-state index in [0.29, 0.717) is 6.67 Å². The number of fused-ring (bicyclic) bond motifs is 1. The zero-order valence-corrected chi connectivity index (χ0v) is 5.34. The molecule has 3 heteroatoms. The van der Waals surface area contributed by atoms with E-state index < -0.39 is 0 Å². The molecule has 0 fully saturated rings. The van der Waals surface area contributed by atoms with Gasteiger partial charge in [0.15, 0.2) is 0 Å². The lowest BCUT2D eigenvalue weighted by molar-refractivity contribution is 0.473. The van der Waals surface area contributed by atoms with Gasteiger partial charge in [0.1, 0.15) is 5.83 Å². The lowest BCUT2D eigenvalue weighted by atomic mass is 10.3. The van der Waals surface area contributed by atoms with Crippen LogP contribution >= 0.6 is 0 Å². The molecule has 0 bridgehead atoms. The summed E-state index contributed by atoms with van der Waals surface area (Å²) in [6.07, 6.45) is 6.54. The summed E-state index contributed by atoms with van der Waals surface area (Å²) in [6, 6.07) is 0. The van der Waals surface area contributed by atoms with Gasteiger partial charge in [0.2, 0.25) is 0 Å². The van der Waals surface area contributed by atoms with Gasteiger partial charge in [-0.05, 0) is 12.2 Å². The molecule has 0 saturated heterocycles. The summed E-state index contributed by atoms with van der Waals surface area (Å²) in [5.74, 6) is -0.194. The first kappa shape index (κ1) is 5.53. The Labute approximate surface area is 58.3 Å². The molecular weight excluding hydrogens is 131 g/mol. The highest BCUT2D eigenvalue weighted by Crippen LogP contribution is 2.18. The summed E-state index contributed by atoms with van der Waals surface area (Å²) >= 11 is 0. The average Bonchev–Trinajstić information content (AvgIpc) is 2.33. The van der Waals surface area contributed by atoms with Crippen molar-refractivity contribution < 1.29 is 4.39 Å². The van der Waals surface area contributed by atoms with Gasteiger partial charge >= 0.3 is 0 Å². The third kappa shape index (κ3) is 0.708. The number of hydrogen-bond acceptors (Lipinski definition) is 2. The molecule has 0 spiro atoms. The lowest BCUT2D eigenvalue weighted by Crippen LogP contribution is -2.18. The van der Waals surface area contributed by atoms with Crippen LogP contribution in [0.1, 0.15) is 0 Å². The maximum atomic E-state index is 12.5. The van der Waals surface area contributed by atoms with Crippen LogP contribution in [0.3, 0.4) is 0 Å². The fourth-order valence-electron chi connectivity index (χ4n) is 1.04. The van der Waals surface area contributed by atoms with Gasteiger partial charge in [-0.25, -0.2) is 4.39 Å². The van der Waals surface area contributed by atoms with Gasteiger partial charge in [0.25, 0.3) is 0 Å². The van der Waals surface area contributed by atoms with Crippen LogP contribution < -0.4 is 5.32 Å². The fourth-order valence-corrected chi connectivity index (χ4v) is 1.04. The van der Waals surface area contributed by atoms with Gasteiger partial charge in [-0.1, -0.05) is 0 Å². The van der Waals surface area contributed by atoms with E-state index in [1.54, 1.807) is 6.08 Å². The number of rotatable bonds is 0. The van der Waals surface area contributed by atoms with Crippen LogP contribution in [0.4, 0.5) is 4.39 Å². The highest BCUT2D eigenvalue weighted by atomic mass is 19.1. The predicted octanol–water partition coefficient (Wildman–Crippen LogP) is 1.07. The molecule has 10 heavy (non-hydrogen) atoms. The first-order valence-electron chi connectivity index (χ1n) is 3.12. The summed E-state index contributed by atoms with van der Waals surface area (Å²) in [4.78, 5) is 1.81. The minimum atomic E-state index is -0.194. The molecule has 2 aliphatic heterocycles. The first-order valence-corrected chi connectivity index (χ1v) is 3.12. The van der Waals surface area contributed by atoms with Crippen molar-refractivity contribution >= 4 is 0 Å². The monoisotopic (exact) mass is 138 g/mol. The Morgan fingerprint density at radius 3 is 3.30 bits per heavy atom. The molecule has 1 N–H and O–H groups in total. The van der Waals surface area contributed by atoms with E-state index in [0.717, 1.165) is 5.70 Å². The Hall–Kier alpha value is -1.25. The van der Waals surface area contributed by atoms with Crippen molar-refractivity contribution in [1.29, 1.82) is 0 Å². The largest absolute Gasteiger partial charge is 0.372 e. The Morgan fingerprint density at radius 2 is 2.40 bits per heavy atom. The predicted molar refractivity (Wildman–Crippen MR) is 36.3 cm³/mol. The summed E-state index contributed by atoms with van der Waals surface area (Å²) < 4.78 is 12.5. The van der Waals surface area contributed by atoms with E-state index in [-0.39, 0.29) is 5.83 Å². The number of hydrogen-bond donors (Lipinski definition) is 1. The molecule has 2 rings (SSSR count). The van der Waals surface area contributed by atoms with Crippen molar-refractivity contribution in [3.63, 3.8) is 0 Å². The Balaban J connectivity index is 2.32. The van der Waals surface area contributed by atoms with Gasteiger partial charge in [0.05, 0.1) is 12.4 Å². The quantitative estimate of drug-likeness (QED) is 0.538. The number of nitrogens with zero attached hydrogens (tertiary/aromatic N) is 1. The third-order valence-corrected chi connectivity index (χ3v) is 1.54. The molecule has 0 radical (unpaired) electrons. The van der Waals surface area contributed by atoms with E-state index in [9.17, 15) is 4.39 Å². The molecule has 0 atom stereocenters. The van der Waals surface area contributed by atoms with Crippen molar-refractivity contribution in [2.45, 2.75) is 0 Å². The fraction of sp³-hybridized carbons (Fsp3) is 0.143. The Bertz CT molecular complexity index is 240. The minimum Gasteiger partial charge on any atom is -0.372 e. The van der Waals surface area contributed by atoms with Crippen molar-refractivity contribution in [2.24, 2.45) is 0 Å². The molecule has 0 unspecified atom stereocenters. The molecule has 0 aromatic carbocycles. The summed E-state index contributed by atoms with van der Waals surface area (Å²) in [7, 11) is 0. The zero-order valence-electron chi connectivity index (χ0n) is 5.34. The molecule has 2 heterocycles. The van der Waals surface area contributed by atoms with Gasteiger partial charge in [-0.2, -0.15) is 0 Å². The maximum Gasteiger partial charge on any atom is 0.139 e. The average molecular weight is 138 g/mol. The van der Waals surface area contributed by atoms with Crippen molar-refractivity contribution in [3.05, 3.63) is 36.1 Å². The van der Waals surface area contributed by atoms with E-state index in [2.05, 4.69) is 5.32 Å². The highest BCUT2D eigenvalue weighted by Gasteiger charge is 2.13. The van der Waals surface area contributed by atoms with Gasteiger partial charge < -0.3 is 10.2 Å². The Morgan fingerprint density at radius 1 is 1.50 bits per heavy atom. The summed E-state index contributed by atoms with van der Waals surface area (Å²) in [5, 5.41) is 2.99. The van der Waals surface area contributed by atoms with Crippen molar-refractivity contribution in [2.75, 3.05) is 6.67 Å². The third-order valence-electron chi connectivity index (χ3n) is 1.54. The van der Waals surface area contributed by atoms with E-state index >= 15 is 0 Å². The Kier molecular flexibility index (Phi) is 1.03. The molecule has 0 amide bonds. The number of allylic oxidation sites excluding steroid dienone is 3. The van der Waals surface area contributed by atoms with Gasteiger partial charge in [-0.15, -0.1) is 0 Å². The number of halogens is 1. The zero-order chi connectivity index (χ0) is 6.97. The van der Waals surface area contributed by atoms with Crippen molar-refractivity contribution in [1.82, 2.24) is 10.2 Å². The molecule has 2 aliphatic rings. The topological polar surface area (TPSA) is 15.3 Å². The van der Waals surface area contributed by atoms with Crippen molar-refractivity contribution in [3.8, 4) is 0 Å². The molecule has 0 saturated carbocycles. The van der Waals surface area contributed by atoms with Crippen LogP contribution in [0.2, 0.25) is 0 Å². The smallest absolute Gasteiger partial charge is 0.139 e. The molecular formula is C7H7FN2. The molecule has 0 aromatic rings. The van der Waals surface area contributed by atoms with Crippen LogP contribution in [0.15, 0.2) is 36.1 Å². The second kappa shape index (κ2) is 1.87. The standard InChI is InChI=1S/C7H7FN2/c8-6-1-2-7-3-9-5-10(7)4-6/h1-4,9H,5H2. The van der Waals surface area contributed by atoms with Crippen LogP contribution in [0.5, 0.6) is 0 Å². The van der Waals surface area contributed by atoms with E-state index in [4.69, 9.17) is 0 Å². The maximum absolute atomic E-state index is 12.5. The van der Waals surface area contributed by atoms with Crippen LogP contribution in [0.25, 0.3) is 0 Å². The summed E-state index contributed by atoms with van der Waals surface area (Å²) in [5.41, 5.74) is 1.02. The second-order valence-electron chi connectivity index (χ2n) is 2.25. The van der Waals surface area contributed by atoms with E-state index in [1.807, 2.05) is 11.1 Å². The second-order valence-corrected chi connectivity index (χ2v) is 2.25. The SMILES string of the molecule is FC1=CN2CNC=C2C=C1. The molecule has 52 valence electrons. The molecule has 0 aromatic heterocycles. The number of nitrogens with one attached hydrogen (secondary N) is 1. The highest BCUT2D eigenvalue weighted by molar-refractivity contribution is 5.32.